The zero-order chi connectivity index (χ0) is 35.0. The molecule has 6 nitrogen and oxygen atoms in total. The van der Waals surface area contributed by atoms with E-state index in [0.717, 1.165) is 79.5 Å². The van der Waals surface area contributed by atoms with Crippen molar-refractivity contribution < 1.29 is 9.59 Å². The number of carbonyl (C=O) groups excluding carboxylic acids is 2. The summed E-state index contributed by atoms with van der Waals surface area (Å²) >= 11 is 0. The van der Waals surface area contributed by atoms with Gasteiger partial charge in [0, 0.05) is 27.8 Å². The Morgan fingerprint density at radius 3 is 1.31 bits per heavy atom. The summed E-state index contributed by atoms with van der Waals surface area (Å²) in [6, 6.07) is 44.5. The molecule has 0 atom stereocenters. The first-order valence-corrected chi connectivity index (χ1v) is 17.1. The van der Waals surface area contributed by atoms with Crippen LogP contribution < -0.4 is 0 Å². The van der Waals surface area contributed by atoms with Crippen LogP contribution in [0.5, 0.6) is 0 Å². The van der Waals surface area contributed by atoms with E-state index in [0.29, 0.717) is 33.5 Å². The minimum Gasteiger partial charge on any atom is -0.354 e. The average Bonchev–Trinajstić information content (AvgIpc) is 4.03. The van der Waals surface area contributed by atoms with Crippen molar-refractivity contribution >= 4 is 58.9 Å². The van der Waals surface area contributed by atoms with Crippen LogP contribution in [0.2, 0.25) is 0 Å². The molecule has 5 heterocycles. The summed E-state index contributed by atoms with van der Waals surface area (Å²) < 4.78 is 0. The highest BCUT2D eigenvalue weighted by Crippen LogP contribution is 2.45. The SMILES string of the molecule is O=Cc1c2nc(c(C=O)c3[nH]c(c(-c4ccccc4)c4nc(c(-c5ccccc5)c5ccc1[nH]5)C=C4)c(-c1ccccc1)c3-c1ccccc1)C=C2. The predicted octanol–water partition coefficient (Wildman–Crippen LogP) is 10.9. The molecule has 0 saturated carbocycles. The summed E-state index contributed by atoms with van der Waals surface area (Å²) in [7, 11) is 0. The summed E-state index contributed by atoms with van der Waals surface area (Å²) in [5.74, 6) is 0. The molecule has 2 aliphatic heterocycles. The molecular weight excluding hydrogens is 641 g/mol. The van der Waals surface area contributed by atoms with Gasteiger partial charge in [-0.05, 0) is 58.7 Å². The second-order valence-electron chi connectivity index (χ2n) is 12.6. The Morgan fingerprint density at radius 1 is 0.365 bits per heavy atom. The lowest BCUT2D eigenvalue weighted by molar-refractivity contribution is 0.111. The van der Waals surface area contributed by atoms with E-state index in [2.05, 4.69) is 64.6 Å². The highest BCUT2D eigenvalue weighted by molar-refractivity contribution is 6.12. The van der Waals surface area contributed by atoms with E-state index in [1.165, 1.54) is 0 Å². The van der Waals surface area contributed by atoms with Crippen molar-refractivity contribution in [3.8, 4) is 44.5 Å². The zero-order valence-corrected chi connectivity index (χ0v) is 27.9. The largest absolute Gasteiger partial charge is 0.354 e. The van der Waals surface area contributed by atoms with Gasteiger partial charge in [0.1, 0.15) is 0 Å². The Morgan fingerprint density at radius 2 is 0.769 bits per heavy atom. The average molecular weight is 671 g/mol. The van der Waals surface area contributed by atoms with Gasteiger partial charge in [-0.1, -0.05) is 121 Å². The van der Waals surface area contributed by atoms with Gasteiger partial charge in [0.15, 0.2) is 12.6 Å². The molecule has 0 spiro atoms. The fraction of sp³-hybridized carbons (Fsp3) is 0. The van der Waals surface area contributed by atoms with Crippen molar-refractivity contribution in [2.45, 2.75) is 0 Å². The van der Waals surface area contributed by atoms with E-state index >= 15 is 0 Å². The number of H-pyrrole nitrogens is 2. The van der Waals surface area contributed by atoms with Crippen LogP contribution in [-0.2, 0) is 0 Å². The quantitative estimate of drug-likeness (QED) is 0.172. The number of aldehydes is 2. The highest BCUT2D eigenvalue weighted by Gasteiger charge is 2.24. The van der Waals surface area contributed by atoms with Crippen molar-refractivity contribution in [1.29, 1.82) is 0 Å². The van der Waals surface area contributed by atoms with E-state index < -0.39 is 0 Å². The minimum absolute atomic E-state index is 0.376. The van der Waals surface area contributed by atoms with E-state index in [1.807, 2.05) is 91.0 Å². The number of nitrogens with one attached hydrogen (secondary N) is 2. The van der Waals surface area contributed by atoms with E-state index in [1.54, 1.807) is 12.2 Å². The van der Waals surface area contributed by atoms with Crippen LogP contribution in [0.3, 0.4) is 0 Å². The fourth-order valence-corrected chi connectivity index (χ4v) is 7.26. The van der Waals surface area contributed by atoms with Crippen LogP contribution in [0, 0.1) is 0 Å². The Hall–Kier alpha value is -7.18. The fourth-order valence-electron chi connectivity index (χ4n) is 7.26. The maximum absolute atomic E-state index is 13.3. The number of carbonyl (C=O) groups is 2. The summed E-state index contributed by atoms with van der Waals surface area (Å²) in [5, 5.41) is 0. The normalized spacial score (nSPS) is 11.8. The molecule has 0 saturated heterocycles. The van der Waals surface area contributed by atoms with Crippen LogP contribution in [0.15, 0.2) is 133 Å². The number of aromatic amines is 2. The third-order valence-corrected chi connectivity index (χ3v) is 9.59. The smallest absolute Gasteiger partial charge is 0.154 e. The van der Waals surface area contributed by atoms with E-state index in [4.69, 9.17) is 9.97 Å². The zero-order valence-electron chi connectivity index (χ0n) is 27.9. The number of rotatable bonds is 6. The van der Waals surface area contributed by atoms with Crippen LogP contribution >= 0.6 is 0 Å². The van der Waals surface area contributed by atoms with Gasteiger partial charge in [-0.2, -0.15) is 0 Å². The van der Waals surface area contributed by atoms with Crippen LogP contribution in [0.25, 0.3) is 90.9 Å². The molecule has 8 bridgehead atoms. The summed E-state index contributed by atoms with van der Waals surface area (Å²) in [6.07, 6.45) is 9.35. The molecule has 4 aromatic carbocycles. The Balaban J connectivity index is 1.58. The summed E-state index contributed by atoms with van der Waals surface area (Å²) in [6.45, 7) is 0. The molecule has 0 aliphatic carbocycles. The molecule has 0 fully saturated rings. The van der Waals surface area contributed by atoms with Gasteiger partial charge in [0.05, 0.1) is 50.5 Å². The molecule has 3 aromatic heterocycles. The molecule has 0 amide bonds. The van der Waals surface area contributed by atoms with E-state index in [9.17, 15) is 9.59 Å². The molecule has 6 heteroatoms. The lowest BCUT2D eigenvalue weighted by atomic mass is 9.92. The molecule has 2 N–H and O–H groups in total. The Bertz CT molecular complexity index is 2740. The lowest BCUT2D eigenvalue weighted by Gasteiger charge is -2.10. The number of aromatic nitrogens is 4. The molecule has 2 aliphatic rings. The lowest BCUT2D eigenvalue weighted by Crippen LogP contribution is -1.92. The summed E-state index contributed by atoms with van der Waals surface area (Å²) in [5.41, 5.74) is 13.5. The summed E-state index contributed by atoms with van der Waals surface area (Å²) in [4.78, 5) is 43.6. The molecule has 0 unspecified atom stereocenters. The van der Waals surface area contributed by atoms with Gasteiger partial charge in [-0.3, -0.25) is 9.59 Å². The van der Waals surface area contributed by atoms with Crippen molar-refractivity contribution in [1.82, 2.24) is 19.9 Å². The van der Waals surface area contributed by atoms with Gasteiger partial charge in [0.25, 0.3) is 0 Å². The topological polar surface area (TPSA) is 91.5 Å². The Labute approximate surface area is 299 Å². The third-order valence-electron chi connectivity index (χ3n) is 9.59. The number of fused-ring (bicyclic) bond motifs is 8. The monoisotopic (exact) mass is 670 g/mol. The molecule has 0 radical (unpaired) electrons. The number of benzene rings is 4. The van der Waals surface area contributed by atoms with Gasteiger partial charge in [-0.15, -0.1) is 0 Å². The first-order valence-electron chi connectivity index (χ1n) is 17.1. The van der Waals surface area contributed by atoms with Gasteiger partial charge in [0.2, 0.25) is 0 Å². The molecule has 246 valence electrons. The first-order chi connectivity index (χ1) is 25.7. The highest BCUT2D eigenvalue weighted by atomic mass is 16.1. The van der Waals surface area contributed by atoms with Gasteiger partial charge >= 0.3 is 0 Å². The second kappa shape index (κ2) is 12.9. The number of hydrogen-bond acceptors (Lipinski definition) is 4. The molecule has 52 heavy (non-hydrogen) atoms. The van der Waals surface area contributed by atoms with Gasteiger partial charge < -0.3 is 9.97 Å². The van der Waals surface area contributed by atoms with Crippen LogP contribution in [-0.4, -0.2) is 32.5 Å². The third kappa shape index (κ3) is 5.22. The second-order valence-corrected chi connectivity index (χ2v) is 12.6. The molecule has 9 rings (SSSR count). The van der Waals surface area contributed by atoms with Crippen molar-refractivity contribution in [3.05, 3.63) is 167 Å². The number of hydrogen-bond donors (Lipinski definition) is 2. The predicted molar refractivity (Wildman–Crippen MR) is 211 cm³/mol. The van der Waals surface area contributed by atoms with Crippen molar-refractivity contribution in [2.24, 2.45) is 0 Å². The van der Waals surface area contributed by atoms with Crippen molar-refractivity contribution in [2.75, 3.05) is 0 Å². The van der Waals surface area contributed by atoms with Crippen LogP contribution in [0.1, 0.15) is 43.5 Å². The molecule has 7 aromatic rings. The first kappa shape index (κ1) is 30.8. The van der Waals surface area contributed by atoms with E-state index in [-0.39, 0.29) is 0 Å². The Kier molecular flexibility index (Phi) is 7.67. The standard InChI is InChI=1S/C46H30N4O2/c51-27-33-35-21-22-37(47-35)34(28-52)45-43(31-17-9-3-10-18-31)44(32-19-11-4-12-20-32)46(50-45)42(30-15-7-2-8-16-30)40-26-25-39(49-40)41(29-13-5-1-6-14-29)38-24-23-36(33)48-38/h1-28,48,50H. The maximum atomic E-state index is 13.3. The minimum atomic E-state index is 0.376. The maximum Gasteiger partial charge on any atom is 0.154 e. The van der Waals surface area contributed by atoms with Gasteiger partial charge in [-0.25, -0.2) is 9.97 Å². The van der Waals surface area contributed by atoms with Crippen molar-refractivity contribution in [3.63, 3.8) is 0 Å². The molecular formula is C46H30N4O2. The number of nitrogens with zero attached hydrogens (tertiary/aromatic N) is 2. The van der Waals surface area contributed by atoms with Crippen LogP contribution in [0.4, 0.5) is 0 Å².